The summed E-state index contributed by atoms with van der Waals surface area (Å²) in [5.74, 6) is -4.54. The van der Waals surface area contributed by atoms with Gasteiger partial charge in [-0.3, -0.25) is 24.0 Å². The van der Waals surface area contributed by atoms with Gasteiger partial charge in [0.05, 0.1) is 5.92 Å². The van der Waals surface area contributed by atoms with E-state index in [1.54, 1.807) is 27.7 Å². The lowest BCUT2D eigenvalue weighted by atomic mass is 9.56. The Balaban J connectivity index is 5.88. The number of hydrogen-bond donors (Lipinski definition) is 1. The van der Waals surface area contributed by atoms with Gasteiger partial charge in [-0.2, -0.15) is 0 Å². The summed E-state index contributed by atoms with van der Waals surface area (Å²) in [6.45, 7) is 14.3. The van der Waals surface area contributed by atoms with Crippen molar-refractivity contribution in [1.82, 2.24) is 0 Å². The smallest absolute Gasteiger partial charge is 0.325 e. The van der Waals surface area contributed by atoms with Crippen molar-refractivity contribution >= 4 is 29.1 Å². The maximum absolute atomic E-state index is 13.5. The quantitative estimate of drug-likeness (QED) is 0.562. The van der Waals surface area contributed by atoms with Crippen LogP contribution in [-0.2, 0) is 24.0 Å². The van der Waals surface area contributed by atoms with Gasteiger partial charge in [-0.15, -0.1) is 0 Å². The van der Waals surface area contributed by atoms with Crippen LogP contribution in [0.15, 0.2) is 0 Å². The van der Waals surface area contributed by atoms with E-state index in [-0.39, 0.29) is 24.4 Å². The van der Waals surface area contributed by atoms with Crippen LogP contribution in [0.25, 0.3) is 0 Å². The average Bonchev–Trinajstić information content (AvgIpc) is 2.46. The molecule has 0 aliphatic carbocycles. The Hall–Kier alpha value is -1.85. The van der Waals surface area contributed by atoms with Crippen molar-refractivity contribution in [2.75, 3.05) is 0 Å². The lowest BCUT2D eigenvalue weighted by molar-refractivity contribution is -0.170. The SMILES string of the molecule is CC(=O)C(C)C(=O)CCCC(C(=O)C(C(C)=O)(C(=O)O)C(C)(C)C)C(C)(C)C. The van der Waals surface area contributed by atoms with E-state index in [0.717, 1.165) is 6.92 Å². The van der Waals surface area contributed by atoms with E-state index < -0.39 is 45.6 Å². The molecule has 0 aliphatic rings. The van der Waals surface area contributed by atoms with Gasteiger partial charge < -0.3 is 5.11 Å². The summed E-state index contributed by atoms with van der Waals surface area (Å²) in [5, 5.41) is 9.93. The molecule has 3 unspecified atom stereocenters. The summed E-state index contributed by atoms with van der Waals surface area (Å²) >= 11 is 0. The molecule has 0 spiro atoms. The zero-order valence-electron chi connectivity index (χ0n) is 18.8. The van der Waals surface area contributed by atoms with Gasteiger partial charge in [0, 0.05) is 12.3 Å². The number of hydrogen-bond acceptors (Lipinski definition) is 5. The molecule has 3 atom stereocenters. The predicted molar refractivity (Wildman–Crippen MR) is 107 cm³/mol. The Bertz CT molecular complexity index is 631. The molecule has 0 aromatic rings. The maximum atomic E-state index is 13.5. The Morgan fingerprint density at radius 1 is 0.893 bits per heavy atom. The van der Waals surface area contributed by atoms with Crippen molar-refractivity contribution in [3.8, 4) is 0 Å². The van der Waals surface area contributed by atoms with Crippen LogP contribution in [0.2, 0.25) is 0 Å². The van der Waals surface area contributed by atoms with E-state index in [4.69, 9.17) is 0 Å². The Labute approximate surface area is 168 Å². The highest BCUT2D eigenvalue weighted by Crippen LogP contribution is 2.46. The first-order valence-corrected chi connectivity index (χ1v) is 9.74. The standard InChI is InChI=1S/C22H36O6/c1-13(14(2)23)17(25)12-10-11-16(20(4,5)6)18(26)22(15(3)24,19(27)28)21(7,8)9/h13,16H,10-12H2,1-9H3,(H,27,28). The van der Waals surface area contributed by atoms with Gasteiger partial charge in [0.1, 0.15) is 11.6 Å². The molecule has 0 aliphatic heterocycles. The minimum Gasteiger partial charge on any atom is -0.480 e. The lowest BCUT2D eigenvalue weighted by Gasteiger charge is -2.42. The average molecular weight is 397 g/mol. The van der Waals surface area contributed by atoms with Crippen LogP contribution in [-0.4, -0.2) is 34.2 Å². The fraction of sp³-hybridized carbons (Fsp3) is 0.773. The third kappa shape index (κ3) is 5.36. The van der Waals surface area contributed by atoms with Crippen LogP contribution in [0.3, 0.4) is 0 Å². The van der Waals surface area contributed by atoms with E-state index in [9.17, 15) is 29.1 Å². The molecule has 0 saturated heterocycles. The summed E-state index contributed by atoms with van der Waals surface area (Å²) in [6.07, 6.45) is 0.759. The molecule has 0 amide bonds. The highest BCUT2D eigenvalue weighted by molar-refractivity contribution is 6.22. The van der Waals surface area contributed by atoms with Crippen LogP contribution < -0.4 is 0 Å². The number of ketones is 4. The molecule has 0 aromatic heterocycles. The van der Waals surface area contributed by atoms with E-state index in [1.165, 1.54) is 6.92 Å². The first kappa shape index (κ1) is 26.1. The second kappa shape index (κ2) is 9.10. The van der Waals surface area contributed by atoms with Gasteiger partial charge >= 0.3 is 5.97 Å². The summed E-state index contributed by atoms with van der Waals surface area (Å²) in [4.78, 5) is 61.7. The molecule has 0 radical (unpaired) electrons. The Morgan fingerprint density at radius 3 is 1.64 bits per heavy atom. The molecular formula is C22H36O6. The molecular weight excluding hydrogens is 360 g/mol. The van der Waals surface area contributed by atoms with Gasteiger partial charge in [0.15, 0.2) is 17.0 Å². The number of carboxylic acid groups (broad SMARTS) is 1. The van der Waals surface area contributed by atoms with Crippen LogP contribution >= 0.6 is 0 Å². The van der Waals surface area contributed by atoms with E-state index in [2.05, 4.69) is 0 Å². The van der Waals surface area contributed by atoms with Crippen LogP contribution in [0.4, 0.5) is 0 Å². The molecule has 0 fully saturated rings. The molecule has 0 heterocycles. The van der Waals surface area contributed by atoms with E-state index in [0.29, 0.717) is 6.42 Å². The number of carboxylic acids is 1. The first-order valence-electron chi connectivity index (χ1n) is 9.74. The lowest BCUT2D eigenvalue weighted by Crippen LogP contribution is -2.57. The normalized spacial score (nSPS) is 16.6. The van der Waals surface area contributed by atoms with Crippen molar-refractivity contribution in [1.29, 1.82) is 0 Å². The van der Waals surface area contributed by atoms with Gasteiger partial charge in [0.2, 0.25) is 0 Å². The third-order valence-corrected chi connectivity index (χ3v) is 5.71. The largest absolute Gasteiger partial charge is 0.480 e. The number of rotatable bonds is 10. The van der Waals surface area contributed by atoms with Crippen molar-refractivity contribution in [2.24, 2.45) is 28.1 Å². The molecule has 0 bridgehead atoms. The Morgan fingerprint density at radius 2 is 1.36 bits per heavy atom. The van der Waals surface area contributed by atoms with Crippen LogP contribution in [0, 0.1) is 28.1 Å². The topological polar surface area (TPSA) is 106 Å². The summed E-state index contributed by atoms with van der Waals surface area (Å²) < 4.78 is 0. The second-order valence-electron chi connectivity index (χ2n) is 9.84. The van der Waals surface area contributed by atoms with E-state index >= 15 is 0 Å². The van der Waals surface area contributed by atoms with Gasteiger partial charge in [0.25, 0.3) is 0 Å². The third-order valence-electron chi connectivity index (χ3n) is 5.71. The monoisotopic (exact) mass is 396 g/mol. The summed E-state index contributed by atoms with van der Waals surface area (Å²) in [7, 11) is 0. The molecule has 6 heteroatoms. The Kier molecular flexibility index (Phi) is 8.50. The summed E-state index contributed by atoms with van der Waals surface area (Å²) in [6, 6.07) is 0. The fourth-order valence-corrected chi connectivity index (χ4v) is 3.79. The highest BCUT2D eigenvalue weighted by atomic mass is 16.4. The van der Waals surface area contributed by atoms with Crippen LogP contribution in [0.1, 0.15) is 81.6 Å². The van der Waals surface area contributed by atoms with Crippen LogP contribution in [0.5, 0.6) is 0 Å². The molecule has 28 heavy (non-hydrogen) atoms. The molecule has 0 aromatic carbocycles. The molecule has 0 rings (SSSR count). The summed E-state index contributed by atoms with van der Waals surface area (Å²) in [5.41, 5.74) is -3.85. The van der Waals surface area contributed by atoms with Crippen molar-refractivity contribution in [3.05, 3.63) is 0 Å². The molecule has 6 nitrogen and oxygen atoms in total. The van der Waals surface area contributed by atoms with Gasteiger partial charge in [-0.05, 0) is 44.4 Å². The zero-order chi connectivity index (χ0) is 22.7. The molecule has 1 N–H and O–H groups in total. The van der Waals surface area contributed by atoms with Gasteiger partial charge in [-0.1, -0.05) is 41.5 Å². The number of Topliss-reactive ketones (excluding diaryl/α,β-unsaturated/α-hetero) is 4. The van der Waals surface area contributed by atoms with Crippen molar-refractivity contribution in [3.63, 3.8) is 0 Å². The first-order chi connectivity index (χ1) is 12.4. The van der Waals surface area contributed by atoms with E-state index in [1.807, 2.05) is 20.8 Å². The maximum Gasteiger partial charge on any atom is 0.325 e. The van der Waals surface area contributed by atoms with Crippen molar-refractivity contribution in [2.45, 2.75) is 81.6 Å². The molecule has 160 valence electrons. The number of aliphatic carboxylic acids is 1. The highest BCUT2D eigenvalue weighted by Gasteiger charge is 2.61. The number of carbonyl (C=O) groups excluding carboxylic acids is 4. The van der Waals surface area contributed by atoms with Crippen molar-refractivity contribution < 1.29 is 29.1 Å². The molecule has 0 saturated carbocycles. The minimum absolute atomic E-state index is 0.135. The zero-order valence-corrected chi connectivity index (χ0v) is 18.8. The predicted octanol–water partition coefficient (Wildman–Crippen LogP) is 3.89. The second-order valence-corrected chi connectivity index (χ2v) is 9.84. The minimum atomic E-state index is -2.15. The number of carbonyl (C=O) groups is 5. The fourth-order valence-electron chi connectivity index (χ4n) is 3.79. The van der Waals surface area contributed by atoms with Gasteiger partial charge in [-0.25, -0.2) is 0 Å².